The molecule has 2 aromatic carbocycles. The highest BCUT2D eigenvalue weighted by molar-refractivity contribution is 5.84. The zero-order valence-corrected chi connectivity index (χ0v) is 12.8. The van der Waals surface area contributed by atoms with E-state index in [0.29, 0.717) is 12.2 Å². The first kappa shape index (κ1) is 15.1. The molecule has 24 heavy (non-hydrogen) atoms. The van der Waals surface area contributed by atoms with Crippen LogP contribution in [0.3, 0.4) is 0 Å². The Hall–Kier alpha value is -2.50. The van der Waals surface area contributed by atoms with Crippen molar-refractivity contribution < 1.29 is 13.2 Å². The van der Waals surface area contributed by atoms with Gasteiger partial charge in [0, 0.05) is 6.54 Å². The average Bonchev–Trinajstić information content (AvgIpc) is 2.96. The maximum atomic E-state index is 12.9. The first-order valence-corrected chi connectivity index (χ1v) is 7.82. The zero-order chi connectivity index (χ0) is 16.9. The van der Waals surface area contributed by atoms with Crippen LogP contribution < -0.4 is 5.73 Å². The van der Waals surface area contributed by atoms with E-state index in [9.17, 15) is 13.2 Å². The maximum Gasteiger partial charge on any atom is 0.416 e. The maximum absolute atomic E-state index is 12.9. The Morgan fingerprint density at radius 1 is 1.08 bits per heavy atom. The summed E-state index contributed by atoms with van der Waals surface area (Å²) in [6.07, 6.45) is -2.46. The number of aryl methyl sites for hydroxylation is 1. The first-order valence-electron chi connectivity index (χ1n) is 7.82. The van der Waals surface area contributed by atoms with Gasteiger partial charge in [0.15, 0.2) is 5.96 Å². The number of guanidine groups is 1. The van der Waals surface area contributed by atoms with E-state index in [2.05, 4.69) is 17.1 Å². The molecular formula is C18H16F3N3. The second-order valence-corrected chi connectivity index (χ2v) is 6.19. The van der Waals surface area contributed by atoms with Crippen LogP contribution in [-0.2, 0) is 19.1 Å². The van der Waals surface area contributed by atoms with Crippen molar-refractivity contribution in [3.63, 3.8) is 0 Å². The lowest BCUT2D eigenvalue weighted by Crippen LogP contribution is -2.40. The van der Waals surface area contributed by atoms with Crippen LogP contribution in [0.2, 0.25) is 0 Å². The molecule has 6 heteroatoms. The number of nitrogens with zero attached hydrogens (tertiary/aromatic N) is 2. The number of hydrogen-bond acceptors (Lipinski definition) is 3. The molecule has 0 saturated heterocycles. The largest absolute Gasteiger partial charge is 0.416 e. The van der Waals surface area contributed by atoms with E-state index in [4.69, 9.17) is 5.73 Å². The molecule has 4 rings (SSSR count). The Morgan fingerprint density at radius 2 is 1.88 bits per heavy atom. The number of benzene rings is 2. The molecular weight excluding hydrogens is 315 g/mol. The summed E-state index contributed by atoms with van der Waals surface area (Å²) in [5.41, 5.74) is 8.99. The van der Waals surface area contributed by atoms with Crippen LogP contribution in [0.5, 0.6) is 0 Å². The predicted molar refractivity (Wildman–Crippen MR) is 85.8 cm³/mol. The fourth-order valence-electron chi connectivity index (χ4n) is 3.56. The summed E-state index contributed by atoms with van der Waals surface area (Å²) in [5.74, 6) is 0.281. The minimum absolute atomic E-state index is 0.125. The SMILES string of the molecule is NC1=Nc2cc(C(F)(F)F)ccc2CN1C1CCc2ccccc21. The van der Waals surface area contributed by atoms with Crippen molar-refractivity contribution in [3.05, 3.63) is 64.7 Å². The summed E-state index contributed by atoms with van der Waals surface area (Å²) in [6, 6.07) is 12.0. The molecule has 2 aliphatic rings. The molecule has 1 heterocycles. The summed E-state index contributed by atoms with van der Waals surface area (Å²) in [6.45, 7) is 0.474. The van der Waals surface area contributed by atoms with Gasteiger partial charge >= 0.3 is 6.18 Å². The molecule has 0 saturated carbocycles. The molecule has 1 aliphatic heterocycles. The van der Waals surface area contributed by atoms with Crippen LogP contribution in [-0.4, -0.2) is 10.9 Å². The molecule has 2 N–H and O–H groups in total. The van der Waals surface area contributed by atoms with Gasteiger partial charge in [-0.05, 0) is 41.7 Å². The second kappa shape index (κ2) is 5.26. The quantitative estimate of drug-likeness (QED) is 0.853. The Bertz CT molecular complexity index is 826. The molecule has 0 spiro atoms. The van der Waals surface area contributed by atoms with Crippen LogP contribution in [0, 0.1) is 0 Å². The Kier molecular flexibility index (Phi) is 3.30. The Labute approximate surface area is 137 Å². The molecule has 3 nitrogen and oxygen atoms in total. The van der Waals surface area contributed by atoms with E-state index < -0.39 is 11.7 Å². The van der Waals surface area contributed by atoms with Crippen molar-refractivity contribution >= 4 is 11.6 Å². The third kappa shape index (κ3) is 2.42. The highest BCUT2D eigenvalue weighted by atomic mass is 19.4. The molecule has 2 aromatic rings. The standard InChI is InChI=1S/C18H16F3N3/c19-18(20,21)13-7-5-12-10-24(17(22)23-15(12)9-13)16-8-6-11-3-1-2-4-14(11)16/h1-5,7,9,16H,6,8,10H2,(H2,22,23). The van der Waals surface area contributed by atoms with Crippen molar-refractivity contribution in [1.29, 1.82) is 0 Å². The minimum Gasteiger partial charge on any atom is -0.369 e. The van der Waals surface area contributed by atoms with Gasteiger partial charge in [-0.1, -0.05) is 30.3 Å². The molecule has 1 atom stereocenters. The number of halogens is 3. The Balaban J connectivity index is 1.68. The van der Waals surface area contributed by atoms with E-state index >= 15 is 0 Å². The number of fused-ring (bicyclic) bond motifs is 2. The van der Waals surface area contributed by atoms with Gasteiger partial charge in [0.2, 0.25) is 0 Å². The van der Waals surface area contributed by atoms with Gasteiger partial charge in [0.1, 0.15) is 0 Å². The van der Waals surface area contributed by atoms with Crippen molar-refractivity contribution in [2.24, 2.45) is 10.7 Å². The highest BCUT2D eigenvalue weighted by Gasteiger charge is 2.34. The van der Waals surface area contributed by atoms with E-state index in [-0.39, 0.29) is 12.0 Å². The van der Waals surface area contributed by atoms with Gasteiger partial charge in [-0.15, -0.1) is 0 Å². The first-order chi connectivity index (χ1) is 11.4. The summed E-state index contributed by atoms with van der Waals surface area (Å²) < 4.78 is 38.6. The van der Waals surface area contributed by atoms with E-state index in [1.165, 1.54) is 17.2 Å². The number of nitrogens with two attached hydrogens (primary N) is 1. The average molecular weight is 331 g/mol. The summed E-state index contributed by atoms with van der Waals surface area (Å²) >= 11 is 0. The molecule has 1 aliphatic carbocycles. The fraction of sp³-hybridized carbons (Fsp3) is 0.278. The number of aliphatic imine (C=N–C) groups is 1. The molecule has 0 aromatic heterocycles. The molecule has 1 unspecified atom stereocenters. The number of rotatable bonds is 1. The molecule has 0 radical (unpaired) electrons. The van der Waals surface area contributed by atoms with E-state index in [1.54, 1.807) is 0 Å². The molecule has 0 fully saturated rings. The zero-order valence-electron chi connectivity index (χ0n) is 12.8. The van der Waals surface area contributed by atoms with Crippen molar-refractivity contribution in [2.75, 3.05) is 0 Å². The van der Waals surface area contributed by atoms with Crippen molar-refractivity contribution in [2.45, 2.75) is 31.6 Å². The molecule has 0 bridgehead atoms. The van der Waals surface area contributed by atoms with Crippen LogP contribution in [0.25, 0.3) is 0 Å². The smallest absolute Gasteiger partial charge is 0.369 e. The van der Waals surface area contributed by atoms with Crippen LogP contribution >= 0.6 is 0 Å². The van der Waals surface area contributed by atoms with E-state index in [1.807, 2.05) is 17.0 Å². The Morgan fingerprint density at radius 3 is 2.67 bits per heavy atom. The van der Waals surface area contributed by atoms with Gasteiger partial charge in [0.05, 0.1) is 17.3 Å². The van der Waals surface area contributed by atoms with Crippen LogP contribution in [0.1, 0.15) is 34.7 Å². The normalized spacial score (nSPS) is 19.7. The lowest BCUT2D eigenvalue weighted by atomic mass is 10.0. The van der Waals surface area contributed by atoms with Crippen LogP contribution in [0.15, 0.2) is 47.5 Å². The monoisotopic (exact) mass is 331 g/mol. The lowest BCUT2D eigenvalue weighted by Gasteiger charge is -2.34. The van der Waals surface area contributed by atoms with Crippen molar-refractivity contribution in [1.82, 2.24) is 4.90 Å². The topological polar surface area (TPSA) is 41.6 Å². The second-order valence-electron chi connectivity index (χ2n) is 6.19. The van der Waals surface area contributed by atoms with Crippen LogP contribution in [0.4, 0.5) is 18.9 Å². The van der Waals surface area contributed by atoms with Crippen molar-refractivity contribution in [3.8, 4) is 0 Å². The van der Waals surface area contributed by atoms with Gasteiger partial charge in [-0.3, -0.25) is 0 Å². The van der Waals surface area contributed by atoms with Gasteiger partial charge in [0.25, 0.3) is 0 Å². The summed E-state index contributed by atoms with van der Waals surface area (Å²) in [7, 11) is 0. The number of alkyl halides is 3. The summed E-state index contributed by atoms with van der Waals surface area (Å²) in [4.78, 5) is 6.23. The highest BCUT2D eigenvalue weighted by Crippen LogP contribution is 2.40. The summed E-state index contributed by atoms with van der Waals surface area (Å²) in [5, 5.41) is 0. The third-order valence-corrected chi connectivity index (χ3v) is 4.76. The van der Waals surface area contributed by atoms with E-state index in [0.717, 1.165) is 30.5 Å². The lowest BCUT2D eigenvalue weighted by molar-refractivity contribution is -0.137. The van der Waals surface area contributed by atoms with Gasteiger partial charge in [-0.2, -0.15) is 13.2 Å². The molecule has 124 valence electrons. The minimum atomic E-state index is -4.37. The number of hydrogen-bond donors (Lipinski definition) is 1. The molecule has 0 amide bonds. The fourth-order valence-corrected chi connectivity index (χ4v) is 3.56. The third-order valence-electron chi connectivity index (χ3n) is 4.76. The van der Waals surface area contributed by atoms with Gasteiger partial charge < -0.3 is 10.6 Å². The van der Waals surface area contributed by atoms with Gasteiger partial charge in [-0.25, -0.2) is 4.99 Å². The predicted octanol–water partition coefficient (Wildman–Crippen LogP) is 4.15.